The molecule has 0 amide bonds. The Hall–Kier alpha value is -1.20. The molecule has 88 valence electrons. The highest BCUT2D eigenvalue weighted by Crippen LogP contribution is 2.30. The fourth-order valence-corrected chi connectivity index (χ4v) is 2.53. The molecule has 3 rings (SSSR count). The maximum atomic E-state index is 5.35. The third-order valence-corrected chi connectivity index (χ3v) is 3.67. The SMILES string of the molecule is Brc1c(NC2CCOC2)ccc2nccnc12. The van der Waals surface area contributed by atoms with Gasteiger partial charge in [-0.25, -0.2) is 0 Å². The fourth-order valence-electron chi connectivity index (χ4n) is 1.98. The van der Waals surface area contributed by atoms with Gasteiger partial charge in [-0.15, -0.1) is 0 Å². The first-order chi connectivity index (χ1) is 8.34. The quantitative estimate of drug-likeness (QED) is 0.925. The lowest BCUT2D eigenvalue weighted by Crippen LogP contribution is -2.19. The van der Waals surface area contributed by atoms with Crippen molar-refractivity contribution < 1.29 is 4.74 Å². The number of aromatic nitrogens is 2. The summed E-state index contributed by atoms with van der Waals surface area (Å²) in [5.41, 5.74) is 2.83. The van der Waals surface area contributed by atoms with Gasteiger partial charge < -0.3 is 10.1 Å². The molecule has 1 unspecified atom stereocenters. The van der Waals surface area contributed by atoms with Crippen LogP contribution in [0.1, 0.15) is 6.42 Å². The summed E-state index contributed by atoms with van der Waals surface area (Å²) in [6.07, 6.45) is 4.45. The van der Waals surface area contributed by atoms with Gasteiger partial charge in [0.05, 0.1) is 28.3 Å². The Labute approximate surface area is 108 Å². The highest BCUT2D eigenvalue weighted by atomic mass is 79.9. The molecule has 2 heterocycles. The van der Waals surface area contributed by atoms with Crippen LogP contribution in [0.3, 0.4) is 0 Å². The van der Waals surface area contributed by atoms with E-state index in [4.69, 9.17) is 4.74 Å². The first-order valence-electron chi connectivity index (χ1n) is 5.58. The zero-order valence-electron chi connectivity index (χ0n) is 9.19. The van der Waals surface area contributed by atoms with E-state index in [0.29, 0.717) is 6.04 Å². The maximum Gasteiger partial charge on any atom is 0.105 e. The fraction of sp³-hybridized carbons (Fsp3) is 0.333. The van der Waals surface area contributed by atoms with Crippen molar-refractivity contribution in [1.29, 1.82) is 0 Å². The molecule has 1 atom stereocenters. The molecule has 1 aliphatic rings. The Bertz CT molecular complexity index is 540. The van der Waals surface area contributed by atoms with Gasteiger partial charge in [0.25, 0.3) is 0 Å². The molecule has 1 fully saturated rings. The number of benzene rings is 1. The molecule has 1 N–H and O–H groups in total. The minimum atomic E-state index is 0.389. The summed E-state index contributed by atoms with van der Waals surface area (Å²) >= 11 is 3.58. The summed E-state index contributed by atoms with van der Waals surface area (Å²) in [5.74, 6) is 0. The standard InChI is InChI=1S/C12H12BrN3O/c13-11-9(16-8-3-6-17-7-8)1-2-10-12(11)15-5-4-14-10/h1-2,4-5,8,16H,3,6-7H2. The van der Waals surface area contributed by atoms with Crippen molar-refractivity contribution in [1.82, 2.24) is 9.97 Å². The molecule has 1 aromatic heterocycles. The number of hydrogen-bond donors (Lipinski definition) is 1. The molecule has 0 spiro atoms. The van der Waals surface area contributed by atoms with Crippen LogP contribution in [0.5, 0.6) is 0 Å². The average Bonchev–Trinajstić information content (AvgIpc) is 2.86. The zero-order chi connectivity index (χ0) is 11.7. The van der Waals surface area contributed by atoms with Gasteiger partial charge in [-0.2, -0.15) is 0 Å². The third kappa shape index (κ3) is 2.12. The van der Waals surface area contributed by atoms with E-state index in [1.807, 2.05) is 12.1 Å². The monoisotopic (exact) mass is 293 g/mol. The number of hydrogen-bond acceptors (Lipinski definition) is 4. The number of anilines is 1. The molecule has 0 bridgehead atoms. The van der Waals surface area contributed by atoms with Crippen molar-refractivity contribution in [3.8, 4) is 0 Å². The summed E-state index contributed by atoms with van der Waals surface area (Å²) in [4.78, 5) is 8.61. The van der Waals surface area contributed by atoms with E-state index in [2.05, 4.69) is 31.2 Å². The van der Waals surface area contributed by atoms with Crippen LogP contribution in [0.2, 0.25) is 0 Å². The predicted molar refractivity (Wildman–Crippen MR) is 70.1 cm³/mol. The largest absolute Gasteiger partial charge is 0.379 e. The highest BCUT2D eigenvalue weighted by Gasteiger charge is 2.17. The molecule has 1 aliphatic heterocycles. The van der Waals surface area contributed by atoms with E-state index in [1.54, 1.807) is 12.4 Å². The average molecular weight is 294 g/mol. The summed E-state index contributed by atoms with van der Waals surface area (Å²) in [5, 5.41) is 3.46. The number of rotatable bonds is 2. The van der Waals surface area contributed by atoms with E-state index >= 15 is 0 Å². The predicted octanol–water partition coefficient (Wildman–Crippen LogP) is 2.59. The smallest absolute Gasteiger partial charge is 0.105 e. The number of halogens is 1. The molecule has 0 radical (unpaired) electrons. The second kappa shape index (κ2) is 4.58. The first-order valence-corrected chi connectivity index (χ1v) is 6.37. The van der Waals surface area contributed by atoms with Gasteiger partial charge in [-0.1, -0.05) is 0 Å². The van der Waals surface area contributed by atoms with E-state index < -0.39 is 0 Å². The normalized spacial score (nSPS) is 19.7. The van der Waals surface area contributed by atoms with E-state index in [9.17, 15) is 0 Å². The van der Waals surface area contributed by atoms with Crippen LogP contribution in [0.15, 0.2) is 29.0 Å². The minimum absolute atomic E-state index is 0.389. The molecule has 17 heavy (non-hydrogen) atoms. The van der Waals surface area contributed by atoms with Crippen LogP contribution in [0.25, 0.3) is 11.0 Å². The molecule has 2 aromatic rings. The van der Waals surface area contributed by atoms with Crippen LogP contribution < -0.4 is 5.32 Å². The van der Waals surface area contributed by atoms with Crippen LogP contribution >= 0.6 is 15.9 Å². The molecular formula is C12H12BrN3O. The maximum absolute atomic E-state index is 5.35. The molecule has 0 aliphatic carbocycles. The Morgan fingerprint density at radius 1 is 1.29 bits per heavy atom. The van der Waals surface area contributed by atoms with Crippen molar-refractivity contribution in [2.24, 2.45) is 0 Å². The second-order valence-electron chi connectivity index (χ2n) is 4.06. The van der Waals surface area contributed by atoms with Crippen molar-refractivity contribution in [2.75, 3.05) is 18.5 Å². The minimum Gasteiger partial charge on any atom is -0.379 e. The van der Waals surface area contributed by atoms with Crippen LogP contribution in [-0.4, -0.2) is 29.2 Å². The topological polar surface area (TPSA) is 47.0 Å². The molecule has 0 saturated carbocycles. The molecule has 1 aromatic carbocycles. The third-order valence-electron chi connectivity index (χ3n) is 2.87. The Kier molecular flexibility index (Phi) is 2.94. The summed E-state index contributed by atoms with van der Waals surface area (Å²) in [7, 11) is 0. The molecule has 1 saturated heterocycles. The van der Waals surface area contributed by atoms with Crippen LogP contribution in [0, 0.1) is 0 Å². The molecule has 4 nitrogen and oxygen atoms in total. The van der Waals surface area contributed by atoms with Crippen LogP contribution in [0.4, 0.5) is 5.69 Å². The summed E-state index contributed by atoms with van der Waals surface area (Å²) in [6.45, 7) is 1.60. The number of fused-ring (bicyclic) bond motifs is 1. The van der Waals surface area contributed by atoms with E-state index in [0.717, 1.165) is 40.8 Å². The van der Waals surface area contributed by atoms with Crippen LogP contribution in [-0.2, 0) is 4.74 Å². The molecule has 5 heteroatoms. The van der Waals surface area contributed by atoms with E-state index in [1.165, 1.54) is 0 Å². The number of nitrogens with one attached hydrogen (secondary N) is 1. The van der Waals surface area contributed by atoms with Gasteiger partial charge in [0, 0.05) is 19.0 Å². The summed E-state index contributed by atoms with van der Waals surface area (Å²) in [6, 6.07) is 4.39. The Balaban J connectivity index is 1.96. The van der Waals surface area contributed by atoms with Crippen molar-refractivity contribution >= 4 is 32.7 Å². The second-order valence-corrected chi connectivity index (χ2v) is 4.85. The van der Waals surface area contributed by atoms with Gasteiger partial charge in [0.1, 0.15) is 5.52 Å². The first kappa shape index (κ1) is 10.9. The van der Waals surface area contributed by atoms with Crippen molar-refractivity contribution in [2.45, 2.75) is 12.5 Å². The number of nitrogens with zero attached hydrogens (tertiary/aromatic N) is 2. The molecular weight excluding hydrogens is 282 g/mol. The van der Waals surface area contributed by atoms with Crippen molar-refractivity contribution in [3.63, 3.8) is 0 Å². The van der Waals surface area contributed by atoms with Gasteiger partial charge in [-0.3, -0.25) is 9.97 Å². The Morgan fingerprint density at radius 2 is 2.18 bits per heavy atom. The van der Waals surface area contributed by atoms with Gasteiger partial charge in [-0.05, 0) is 34.5 Å². The van der Waals surface area contributed by atoms with Gasteiger partial charge in [0.2, 0.25) is 0 Å². The van der Waals surface area contributed by atoms with E-state index in [-0.39, 0.29) is 0 Å². The Morgan fingerprint density at radius 3 is 3.00 bits per heavy atom. The lowest BCUT2D eigenvalue weighted by atomic mass is 10.2. The number of ether oxygens (including phenoxy) is 1. The zero-order valence-corrected chi connectivity index (χ0v) is 10.8. The van der Waals surface area contributed by atoms with Gasteiger partial charge in [0.15, 0.2) is 0 Å². The lowest BCUT2D eigenvalue weighted by Gasteiger charge is -2.14. The summed E-state index contributed by atoms with van der Waals surface area (Å²) < 4.78 is 6.32. The van der Waals surface area contributed by atoms with Gasteiger partial charge >= 0.3 is 0 Å². The highest BCUT2D eigenvalue weighted by molar-refractivity contribution is 9.10. The lowest BCUT2D eigenvalue weighted by molar-refractivity contribution is 0.195. The van der Waals surface area contributed by atoms with Crippen molar-refractivity contribution in [3.05, 3.63) is 29.0 Å².